The number of aromatic nitrogens is 5. The van der Waals surface area contributed by atoms with Gasteiger partial charge in [0.2, 0.25) is 0 Å². The van der Waals surface area contributed by atoms with E-state index >= 15 is 0 Å². The highest BCUT2D eigenvalue weighted by Gasteiger charge is 2.17. The molecule has 0 spiro atoms. The first-order valence-electron chi connectivity index (χ1n) is 9.26. The molecule has 0 aliphatic heterocycles. The van der Waals surface area contributed by atoms with Crippen molar-refractivity contribution in [1.82, 2.24) is 24.8 Å². The number of carbonyl (C=O) groups excluding carboxylic acids is 1. The molecule has 7 heteroatoms. The minimum atomic E-state index is -0.172. The van der Waals surface area contributed by atoms with Gasteiger partial charge >= 0.3 is 0 Å². The summed E-state index contributed by atoms with van der Waals surface area (Å²) in [6.07, 6.45) is 3.50. The number of aromatic amines is 1. The molecule has 0 bridgehead atoms. The molecule has 0 aliphatic rings. The molecular formula is C22H18N6O. The summed E-state index contributed by atoms with van der Waals surface area (Å²) in [7, 11) is 0. The number of nitrogens with one attached hydrogen (secondary N) is 2. The molecule has 1 amide bonds. The molecule has 3 aromatic heterocycles. The average molecular weight is 382 g/mol. The van der Waals surface area contributed by atoms with Crippen LogP contribution in [0, 0.1) is 13.8 Å². The lowest BCUT2D eigenvalue weighted by Gasteiger charge is -2.12. The lowest BCUT2D eigenvalue weighted by atomic mass is 10.0. The van der Waals surface area contributed by atoms with E-state index in [1.807, 2.05) is 73.0 Å². The first-order chi connectivity index (χ1) is 14.1. The molecule has 2 aromatic carbocycles. The van der Waals surface area contributed by atoms with Crippen LogP contribution >= 0.6 is 0 Å². The van der Waals surface area contributed by atoms with Crippen molar-refractivity contribution >= 4 is 28.1 Å². The molecule has 29 heavy (non-hydrogen) atoms. The van der Waals surface area contributed by atoms with Crippen molar-refractivity contribution in [3.63, 3.8) is 0 Å². The molecule has 2 N–H and O–H groups in total. The molecule has 0 radical (unpaired) electrons. The number of benzene rings is 2. The second kappa shape index (κ2) is 6.56. The van der Waals surface area contributed by atoms with E-state index < -0.39 is 0 Å². The zero-order valence-corrected chi connectivity index (χ0v) is 16.0. The number of aryl methyl sites for hydroxylation is 2. The summed E-state index contributed by atoms with van der Waals surface area (Å²) in [5.41, 5.74) is 6.45. The second-order valence-electron chi connectivity index (χ2n) is 7.03. The Hall–Kier alpha value is -4.00. The zero-order chi connectivity index (χ0) is 20.0. The van der Waals surface area contributed by atoms with Gasteiger partial charge in [0.25, 0.3) is 5.91 Å². The maximum Gasteiger partial charge on any atom is 0.256 e. The Bertz CT molecular complexity index is 1370. The van der Waals surface area contributed by atoms with Crippen LogP contribution in [-0.4, -0.2) is 30.7 Å². The van der Waals surface area contributed by atoms with Gasteiger partial charge in [0.15, 0.2) is 5.65 Å². The van der Waals surface area contributed by atoms with Crippen LogP contribution in [0.4, 0.5) is 5.69 Å². The number of fused-ring (bicyclic) bond motifs is 2. The van der Waals surface area contributed by atoms with Crippen LogP contribution in [-0.2, 0) is 0 Å². The van der Waals surface area contributed by atoms with E-state index in [1.165, 1.54) is 0 Å². The third-order valence-corrected chi connectivity index (χ3v) is 5.11. The highest BCUT2D eigenvalue weighted by molar-refractivity contribution is 6.08. The van der Waals surface area contributed by atoms with E-state index in [0.29, 0.717) is 16.9 Å². The van der Waals surface area contributed by atoms with Gasteiger partial charge in [0.05, 0.1) is 16.8 Å². The number of rotatable bonds is 3. The second-order valence-corrected chi connectivity index (χ2v) is 7.03. The highest BCUT2D eigenvalue weighted by Crippen LogP contribution is 2.29. The molecular weight excluding hydrogens is 364 g/mol. The van der Waals surface area contributed by atoms with Gasteiger partial charge in [-0.15, -0.1) is 10.2 Å². The Morgan fingerprint density at radius 3 is 2.76 bits per heavy atom. The minimum Gasteiger partial charge on any atom is -0.322 e. The van der Waals surface area contributed by atoms with E-state index in [2.05, 4.69) is 25.7 Å². The number of pyridine rings is 1. The van der Waals surface area contributed by atoms with Crippen molar-refractivity contribution in [3.8, 4) is 11.3 Å². The summed E-state index contributed by atoms with van der Waals surface area (Å²) < 4.78 is 1.82. The van der Waals surface area contributed by atoms with Gasteiger partial charge in [-0.1, -0.05) is 30.3 Å². The summed E-state index contributed by atoms with van der Waals surface area (Å²) in [4.78, 5) is 13.1. The van der Waals surface area contributed by atoms with Crippen molar-refractivity contribution in [2.24, 2.45) is 0 Å². The molecule has 0 unspecified atom stereocenters. The number of hydrogen-bond acceptors (Lipinski definition) is 4. The fourth-order valence-corrected chi connectivity index (χ4v) is 3.74. The Kier molecular flexibility index (Phi) is 3.87. The topological polar surface area (TPSA) is 88.0 Å². The van der Waals surface area contributed by atoms with Crippen LogP contribution in [0.1, 0.15) is 21.5 Å². The van der Waals surface area contributed by atoms with Gasteiger partial charge in [-0.05, 0) is 37.6 Å². The van der Waals surface area contributed by atoms with Gasteiger partial charge in [0.1, 0.15) is 6.33 Å². The van der Waals surface area contributed by atoms with Crippen molar-refractivity contribution in [2.45, 2.75) is 13.8 Å². The molecule has 0 atom stereocenters. The van der Waals surface area contributed by atoms with Crippen molar-refractivity contribution in [2.75, 3.05) is 5.32 Å². The van der Waals surface area contributed by atoms with Gasteiger partial charge in [-0.25, -0.2) is 0 Å². The average Bonchev–Trinajstić information content (AvgIpc) is 3.35. The Labute approximate surface area is 166 Å². The number of carbonyl (C=O) groups is 1. The van der Waals surface area contributed by atoms with Crippen molar-refractivity contribution < 1.29 is 4.79 Å². The third-order valence-electron chi connectivity index (χ3n) is 5.11. The predicted molar refractivity (Wildman–Crippen MR) is 112 cm³/mol. The number of H-pyrrole nitrogens is 1. The Balaban J connectivity index is 1.53. The van der Waals surface area contributed by atoms with Crippen molar-refractivity contribution in [3.05, 3.63) is 77.7 Å². The van der Waals surface area contributed by atoms with Gasteiger partial charge in [-0.3, -0.25) is 14.3 Å². The van der Waals surface area contributed by atoms with E-state index in [9.17, 15) is 4.79 Å². The Morgan fingerprint density at radius 2 is 1.93 bits per heavy atom. The first-order valence-corrected chi connectivity index (χ1v) is 9.26. The lowest BCUT2D eigenvalue weighted by molar-refractivity contribution is 0.102. The molecule has 5 rings (SSSR count). The highest BCUT2D eigenvalue weighted by atomic mass is 16.1. The largest absolute Gasteiger partial charge is 0.322 e. The van der Waals surface area contributed by atoms with E-state index in [0.717, 1.165) is 33.3 Å². The fraction of sp³-hybridized carbons (Fsp3) is 0.0909. The lowest BCUT2D eigenvalue weighted by Crippen LogP contribution is -2.16. The molecule has 142 valence electrons. The van der Waals surface area contributed by atoms with E-state index in [4.69, 9.17) is 0 Å². The molecule has 0 saturated heterocycles. The number of hydrogen-bond donors (Lipinski definition) is 2. The molecule has 0 saturated carbocycles. The maximum absolute atomic E-state index is 13.1. The van der Waals surface area contributed by atoms with Crippen LogP contribution in [0.2, 0.25) is 0 Å². The maximum atomic E-state index is 13.1. The summed E-state index contributed by atoms with van der Waals surface area (Å²) in [6, 6.07) is 15.7. The summed E-state index contributed by atoms with van der Waals surface area (Å²) in [6.45, 7) is 3.80. The summed E-state index contributed by atoms with van der Waals surface area (Å²) in [5, 5.41) is 19.5. The molecule has 7 nitrogen and oxygen atoms in total. The summed E-state index contributed by atoms with van der Waals surface area (Å²) >= 11 is 0. The number of anilines is 1. The summed E-state index contributed by atoms with van der Waals surface area (Å²) in [5.74, 6) is -0.172. The van der Waals surface area contributed by atoms with Crippen LogP contribution in [0.3, 0.4) is 0 Å². The first kappa shape index (κ1) is 17.1. The van der Waals surface area contributed by atoms with Gasteiger partial charge < -0.3 is 5.32 Å². The standard InChI is InChI=1S/C22H18N6O/c1-13-11-28-12-23-27-21(28)14(2)19(13)22(29)24-16-8-9-18-17(10-16)20(26-25-18)15-6-4-3-5-7-15/h3-12H,1-2H3,(H,24,29)(H,25,26). The van der Waals surface area contributed by atoms with Crippen LogP contribution in [0.25, 0.3) is 27.8 Å². The predicted octanol–water partition coefficient (Wildman–Crippen LogP) is 4.14. The normalized spacial score (nSPS) is 11.2. The monoisotopic (exact) mass is 382 g/mol. The van der Waals surface area contributed by atoms with Gasteiger partial charge in [0, 0.05) is 28.4 Å². The van der Waals surface area contributed by atoms with Crippen LogP contribution in [0.15, 0.2) is 61.1 Å². The minimum absolute atomic E-state index is 0.172. The Morgan fingerprint density at radius 1 is 1.10 bits per heavy atom. The smallest absolute Gasteiger partial charge is 0.256 e. The van der Waals surface area contributed by atoms with Crippen molar-refractivity contribution in [1.29, 1.82) is 0 Å². The molecule has 0 fully saturated rings. The number of nitrogens with zero attached hydrogens (tertiary/aromatic N) is 4. The molecule has 0 aliphatic carbocycles. The molecule has 5 aromatic rings. The van der Waals surface area contributed by atoms with Crippen LogP contribution < -0.4 is 5.32 Å². The van der Waals surface area contributed by atoms with Gasteiger partial charge in [-0.2, -0.15) is 5.10 Å². The van der Waals surface area contributed by atoms with Crippen LogP contribution in [0.5, 0.6) is 0 Å². The quantitative estimate of drug-likeness (QED) is 0.491. The third kappa shape index (κ3) is 2.84. The van der Waals surface area contributed by atoms with E-state index in [-0.39, 0.29) is 5.91 Å². The molecule has 3 heterocycles. The zero-order valence-electron chi connectivity index (χ0n) is 16.0. The number of amides is 1. The van der Waals surface area contributed by atoms with E-state index in [1.54, 1.807) is 6.33 Å². The fourth-order valence-electron chi connectivity index (χ4n) is 3.74. The SMILES string of the molecule is Cc1cn2cnnc2c(C)c1C(=O)Nc1ccc2[nH]nc(-c3ccccc3)c2c1.